The van der Waals surface area contributed by atoms with Crippen LogP contribution in [0.25, 0.3) is 5.69 Å². The molecule has 22 heavy (non-hydrogen) atoms. The first-order chi connectivity index (χ1) is 10.6. The summed E-state index contributed by atoms with van der Waals surface area (Å²) in [5, 5.41) is 10.7. The van der Waals surface area contributed by atoms with Crippen molar-refractivity contribution in [1.29, 1.82) is 0 Å². The maximum absolute atomic E-state index is 12.2. The quantitative estimate of drug-likeness (QED) is 0.694. The van der Waals surface area contributed by atoms with Crippen molar-refractivity contribution >= 4 is 43.5 Å². The van der Waals surface area contributed by atoms with Gasteiger partial charge in [-0.15, -0.1) is 5.10 Å². The monoisotopic (exact) mass is 420 g/mol. The first kappa shape index (κ1) is 14.9. The van der Waals surface area contributed by atoms with Gasteiger partial charge in [0.2, 0.25) is 0 Å². The fraction of sp³-hybridized carbons (Fsp3) is 0. The van der Waals surface area contributed by atoms with Gasteiger partial charge in [-0.1, -0.05) is 39.3 Å². The number of nitrogens with zero attached hydrogens (tertiary/aromatic N) is 3. The van der Waals surface area contributed by atoms with Gasteiger partial charge in [-0.05, 0) is 46.3 Å². The van der Waals surface area contributed by atoms with Crippen molar-refractivity contribution in [3.63, 3.8) is 0 Å². The van der Waals surface area contributed by atoms with Gasteiger partial charge in [0.1, 0.15) is 0 Å². The number of halogens is 2. The van der Waals surface area contributed by atoms with Gasteiger partial charge < -0.3 is 5.32 Å². The number of para-hydroxylation sites is 1. The number of carbonyl (C=O) groups is 1. The zero-order valence-electron chi connectivity index (χ0n) is 11.2. The molecule has 2 aromatic carbocycles. The highest BCUT2D eigenvalue weighted by Gasteiger charge is 2.13. The standard InChI is InChI=1S/C15H10Br2N4O/c16-10-6-7-13(12(17)8-10)18-15(22)14-9-21(20-19-14)11-4-2-1-3-5-11/h1-9H,(H,18,22). The number of carbonyl (C=O) groups excluding carboxylic acids is 1. The predicted octanol–water partition coefficient (Wildman–Crippen LogP) is 4.04. The number of hydrogen-bond donors (Lipinski definition) is 1. The molecule has 0 atom stereocenters. The molecule has 0 aliphatic heterocycles. The maximum Gasteiger partial charge on any atom is 0.277 e. The molecule has 0 bridgehead atoms. The minimum absolute atomic E-state index is 0.249. The summed E-state index contributed by atoms with van der Waals surface area (Å²) in [5.41, 5.74) is 1.76. The number of amides is 1. The lowest BCUT2D eigenvalue weighted by Crippen LogP contribution is -2.12. The molecule has 3 rings (SSSR count). The Morgan fingerprint density at radius 2 is 1.86 bits per heavy atom. The second-order valence-electron chi connectivity index (χ2n) is 4.46. The summed E-state index contributed by atoms with van der Waals surface area (Å²) >= 11 is 6.77. The molecular formula is C15H10Br2N4O. The smallest absolute Gasteiger partial charge is 0.277 e. The summed E-state index contributed by atoms with van der Waals surface area (Å²) in [6.45, 7) is 0. The van der Waals surface area contributed by atoms with E-state index < -0.39 is 0 Å². The second-order valence-corrected chi connectivity index (χ2v) is 6.23. The first-order valence-corrected chi connectivity index (χ1v) is 7.96. The van der Waals surface area contributed by atoms with Crippen LogP contribution >= 0.6 is 31.9 Å². The summed E-state index contributed by atoms with van der Waals surface area (Å²) in [7, 11) is 0. The van der Waals surface area contributed by atoms with E-state index in [0.29, 0.717) is 5.69 Å². The molecule has 1 N–H and O–H groups in total. The molecule has 1 heterocycles. The third-order valence-electron chi connectivity index (χ3n) is 2.93. The molecule has 0 saturated heterocycles. The van der Waals surface area contributed by atoms with Crippen LogP contribution in [0.4, 0.5) is 5.69 Å². The summed E-state index contributed by atoms with van der Waals surface area (Å²) in [4.78, 5) is 12.2. The van der Waals surface area contributed by atoms with E-state index in [2.05, 4.69) is 47.5 Å². The average molecular weight is 422 g/mol. The van der Waals surface area contributed by atoms with Crippen LogP contribution in [-0.2, 0) is 0 Å². The van der Waals surface area contributed by atoms with Gasteiger partial charge in [0.05, 0.1) is 17.6 Å². The van der Waals surface area contributed by atoms with Crippen LogP contribution in [0.3, 0.4) is 0 Å². The van der Waals surface area contributed by atoms with E-state index in [0.717, 1.165) is 14.6 Å². The zero-order valence-corrected chi connectivity index (χ0v) is 14.4. The molecule has 110 valence electrons. The third kappa shape index (κ3) is 3.26. The van der Waals surface area contributed by atoms with Gasteiger partial charge in [-0.3, -0.25) is 4.79 Å². The molecule has 0 saturated carbocycles. The van der Waals surface area contributed by atoms with Gasteiger partial charge in [0.15, 0.2) is 5.69 Å². The normalized spacial score (nSPS) is 10.5. The molecule has 0 fully saturated rings. The fourth-order valence-electron chi connectivity index (χ4n) is 1.85. The lowest BCUT2D eigenvalue weighted by atomic mass is 10.3. The molecule has 0 spiro atoms. The van der Waals surface area contributed by atoms with E-state index in [1.54, 1.807) is 16.9 Å². The van der Waals surface area contributed by atoms with E-state index in [-0.39, 0.29) is 11.6 Å². The Morgan fingerprint density at radius 1 is 1.09 bits per heavy atom. The highest BCUT2D eigenvalue weighted by molar-refractivity contribution is 9.11. The Labute approximate surface area is 143 Å². The molecule has 3 aromatic rings. The number of nitrogens with one attached hydrogen (secondary N) is 1. The lowest BCUT2D eigenvalue weighted by Gasteiger charge is -2.05. The number of hydrogen-bond acceptors (Lipinski definition) is 3. The zero-order chi connectivity index (χ0) is 15.5. The number of aromatic nitrogens is 3. The largest absolute Gasteiger partial charge is 0.319 e. The molecule has 0 aliphatic carbocycles. The fourth-order valence-corrected chi connectivity index (χ4v) is 3.00. The summed E-state index contributed by atoms with van der Waals surface area (Å²) in [5.74, 6) is -0.315. The van der Waals surface area contributed by atoms with Crippen molar-refractivity contribution < 1.29 is 4.79 Å². The Morgan fingerprint density at radius 3 is 2.59 bits per heavy atom. The van der Waals surface area contributed by atoms with Gasteiger partial charge in [-0.25, -0.2) is 4.68 Å². The molecule has 1 amide bonds. The molecule has 0 unspecified atom stereocenters. The van der Waals surface area contributed by atoms with Crippen LogP contribution in [0.5, 0.6) is 0 Å². The van der Waals surface area contributed by atoms with Crippen molar-refractivity contribution in [1.82, 2.24) is 15.0 Å². The topological polar surface area (TPSA) is 59.8 Å². The molecule has 0 aliphatic rings. The Hall–Kier alpha value is -1.99. The van der Waals surface area contributed by atoms with Crippen LogP contribution in [0.1, 0.15) is 10.5 Å². The third-order valence-corrected chi connectivity index (χ3v) is 4.08. The van der Waals surface area contributed by atoms with E-state index >= 15 is 0 Å². The van der Waals surface area contributed by atoms with E-state index in [4.69, 9.17) is 0 Å². The van der Waals surface area contributed by atoms with Crippen molar-refractivity contribution in [3.8, 4) is 5.69 Å². The van der Waals surface area contributed by atoms with Crippen LogP contribution in [0.15, 0.2) is 63.7 Å². The van der Waals surface area contributed by atoms with Crippen LogP contribution in [0.2, 0.25) is 0 Å². The van der Waals surface area contributed by atoms with Crippen LogP contribution < -0.4 is 5.32 Å². The van der Waals surface area contributed by atoms with Crippen molar-refractivity contribution in [3.05, 3.63) is 69.4 Å². The molecule has 5 nitrogen and oxygen atoms in total. The molecule has 0 radical (unpaired) electrons. The highest BCUT2D eigenvalue weighted by atomic mass is 79.9. The van der Waals surface area contributed by atoms with Crippen LogP contribution in [0, 0.1) is 0 Å². The van der Waals surface area contributed by atoms with Crippen molar-refractivity contribution in [2.75, 3.05) is 5.32 Å². The summed E-state index contributed by atoms with van der Waals surface area (Å²) < 4.78 is 3.27. The summed E-state index contributed by atoms with van der Waals surface area (Å²) in [6.07, 6.45) is 1.59. The van der Waals surface area contributed by atoms with Gasteiger partial charge in [0.25, 0.3) is 5.91 Å². The highest BCUT2D eigenvalue weighted by Crippen LogP contribution is 2.26. The minimum atomic E-state index is -0.315. The first-order valence-electron chi connectivity index (χ1n) is 6.37. The van der Waals surface area contributed by atoms with Crippen molar-refractivity contribution in [2.24, 2.45) is 0 Å². The van der Waals surface area contributed by atoms with E-state index in [1.807, 2.05) is 42.5 Å². The van der Waals surface area contributed by atoms with E-state index in [1.165, 1.54) is 0 Å². The number of anilines is 1. The number of benzene rings is 2. The molecular weight excluding hydrogens is 412 g/mol. The van der Waals surface area contributed by atoms with Crippen LogP contribution in [-0.4, -0.2) is 20.9 Å². The average Bonchev–Trinajstić information content (AvgIpc) is 3.01. The van der Waals surface area contributed by atoms with E-state index in [9.17, 15) is 4.79 Å². The minimum Gasteiger partial charge on any atom is -0.319 e. The predicted molar refractivity (Wildman–Crippen MR) is 91.2 cm³/mol. The second kappa shape index (κ2) is 6.41. The maximum atomic E-state index is 12.2. The summed E-state index contributed by atoms with van der Waals surface area (Å²) in [6, 6.07) is 15.0. The lowest BCUT2D eigenvalue weighted by molar-refractivity contribution is 0.102. The number of rotatable bonds is 3. The van der Waals surface area contributed by atoms with Gasteiger partial charge >= 0.3 is 0 Å². The molecule has 7 heteroatoms. The Bertz CT molecular complexity index is 817. The van der Waals surface area contributed by atoms with Crippen molar-refractivity contribution in [2.45, 2.75) is 0 Å². The Kier molecular flexibility index (Phi) is 4.35. The molecule has 1 aromatic heterocycles. The van der Waals surface area contributed by atoms with Gasteiger partial charge in [0, 0.05) is 8.95 Å². The SMILES string of the molecule is O=C(Nc1ccc(Br)cc1Br)c1cn(-c2ccccc2)nn1. The van der Waals surface area contributed by atoms with Gasteiger partial charge in [-0.2, -0.15) is 0 Å². The Balaban J connectivity index is 1.80.